The van der Waals surface area contributed by atoms with Crippen molar-refractivity contribution in [3.05, 3.63) is 23.8 Å². The average molecular weight is 309 g/mol. The highest BCUT2D eigenvalue weighted by atomic mass is 32.1. The number of hydrogen-bond acceptors (Lipinski definition) is 4. The van der Waals surface area contributed by atoms with Crippen molar-refractivity contribution in [3.8, 4) is 11.5 Å². The van der Waals surface area contributed by atoms with E-state index in [2.05, 4.69) is 5.32 Å². The summed E-state index contributed by atoms with van der Waals surface area (Å²) in [6, 6.07) is 5.81. The molecule has 1 aliphatic heterocycles. The van der Waals surface area contributed by atoms with E-state index < -0.39 is 5.91 Å². The van der Waals surface area contributed by atoms with Gasteiger partial charge in [0.05, 0.1) is 6.54 Å². The molecule has 2 rings (SSSR count). The lowest BCUT2D eigenvalue weighted by Gasteiger charge is -2.28. The number of nitrogens with zero attached hydrogens (tertiary/aromatic N) is 1. The highest BCUT2D eigenvalue weighted by molar-refractivity contribution is 7.80. The van der Waals surface area contributed by atoms with Gasteiger partial charge in [-0.25, -0.2) is 0 Å². The van der Waals surface area contributed by atoms with Gasteiger partial charge in [0.1, 0.15) is 0 Å². The smallest absolute Gasteiger partial charge is 0.237 e. The van der Waals surface area contributed by atoms with Crippen LogP contribution in [-0.4, -0.2) is 35.3 Å². The number of nitrogens with two attached hydrogens (primary N) is 1. The molecule has 1 heterocycles. The predicted octanol–water partition coefficient (Wildman–Crippen LogP) is 0.985. The van der Waals surface area contributed by atoms with E-state index in [0.29, 0.717) is 11.7 Å². The van der Waals surface area contributed by atoms with Crippen LogP contribution < -0.4 is 20.5 Å². The number of benzene rings is 1. The van der Waals surface area contributed by atoms with Crippen molar-refractivity contribution in [3.63, 3.8) is 0 Å². The maximum absolute atomic E-state index is 11.1. The molecule has 114 valence electrons. The van der Waals surface area contributed by atoms with Gasteiger partial charge < -0.3 is 25.4 Å². The highest BCUT2D eigenvalue weighted by Gasteiger charge is 2.16. The van der Waals surface area contributed by atoms with Gasteiger partial charge in [-0.1, -0.05) is 6.07 Å². The Kier molecular flexibility index (Phi) is 4.85. The predicted molar refractivity (Wildman–Crippen MR) is 83.0 cm³/mol. The van der Waals surface area contributed by atoms with Crippen LogP contribution in [-0.2, 0) is 11.3 Å². The van der Waals surface area contributed by atoms with Crippen LogP contribution >= 0.6 is 12.2 Å². The third-order valence-corrected chi connectivity index (χ3v) is 3.47. The van der Waals surface area contributed by atoms with E-state index in [1.807, 2.05) is 32.0 Å². The molecule has 21 heavy (non-hydrogen) atoms. The van der Waals surface area contributed by atoms with E-state index in [0.717, 1.165) is 17.1 Å². The average Bonchev–Trinajstić information content (AvgIpc) is 2.89. The summed E-state index contributed by atoms with van der Waals surface area (Å²) in [6.07, 6.45) is 0. The second-order valence-electron chi connectivity index (χ2n) is 5.03. The molecule has 0 atom stereocenters. The van der Waals surface area contributed by atoms with Gasteiger partial charge in [0.2, 0.25) is 12.7 Å². The summed E-state index contributed by atoms with van der Waals surface area (Å²) in [5.74, 6) is 1.08. The number of nitrogens with one attached hydrogen (secondary N) is 1. The Morgan fingerprint density at radius 3 is 2.81 bits per heavy atom. The summed E-state index contributed by atoms with van der Waals surface area (Å²) in [6.45, 7) is 4.81. The van der Waals surface area contributed by atoms with Gasteiger partial charge in [0, 0.05) is 12.6 Å². The van der Waals surface area contributed by atoms with E-state index in [1.165, 1.54) is 0 Å². The van der Waals surface area contributed by atoms with Gasteiger partial charge in [-0.3, -0.25) is 4.79 Å². The molecule has 0 unspecified atom stereocenters. The zero-order chi connectivity index (χ0) is 15.4. The molecular formula is C14H19N3O3S. The summed E-state index contributed by atoms with van der Waals surface area (Å²) in [7, 11) is 0. The van der Waals surface area contributed by atoms with E-state index in [9.17, 15) is 4.79 Å². The largest absolute Gasteiger partial charge is 0.454 e. The van der Waals surface area contributed by atoms with Gasteiger partial charge in [-0.05, 0) is 43.8 Å². The van der Waals surface area contributed by atoms with Crippen molar-refractivity contribution in [1.82, 2.24) is 10.2 Å². The van der Waals surface area contributed by atoms with Crippen LogP contribution in [0.3, 0.4) is 0 Å². The Morgan fingerprint density at radius 1 is 1.43 bits per heavy atom. The first-order valence-electron chi connectivity index (χ1n) is 6.68. The molecule has 0 spiro atoms. The molecule has 1 aromatic carbocycles. The summed E-state index contributed by atoms with van der Waals surface area (Å²) < 4.78 is 10.6. The Labute approximate surface area is 129 Å². The molecule has 1 amide bonds. The fraction of sp³-hybridized carbons (Fsp3) is 0.429. The number of primary amides is 1. The second-order valence-corrected chi connectivity index (χ2v) is 5.42. The minimum atomic E-state index is -0.407. The summed E-state index contributed by atoms with van der Waals surface area (Å²) >= 11 is 5.32. The number of hydrogen-bond donors (Lipinski definition) is 2. The first-order chi connectivity index (χ1) is 9.97. The first-order valence-corrected chi connectivity index (χ1v) is 7.09. The minimum absolute atomic E-state index is 0.0919. The summed E-state index contributed by atoms with van der Waals surface area (Å²) in [5, 5.41) is 3.63. The highest BCUT2D eigenvalue weighted by Crippen LogP contribution is 2.32. The number of carbonyl (C=O) groups is 1. The van der Waals surface area contributed by atoms with Crippen molar-refractivity contribution in [2.24, 2.45) is 5.73 Å². The third kappa shape index (κ3) is 3.98. The molecule has 6 nitrogen and oxygen atoms in total. The van der Waals surface area contributed by atoms with E-state index in [1.54, 1.807) is 4.90 Å². The van der Waals surface area contributed by atoms with Gasteiger partial charge in [-0.2, -0.15) is 0 Å². The van der Waals surface area contributed by atoms with Gasteiger partial charge in [0.25, 0.3) is 0 Å². The normalized spacial score (nSPS) is 12.3. The van der Waals surface area contributed by atoms with E-state index >= 15 is 0 Å². The van der Waals surface area contributed by atoms with Crippen LogP contribution in [0.25, 0.3) is 0 Å². The number of ether oxygens (including phenoxy) is 2. The number of amides is 1. The molecule has 7 heteroatoms. The summed E-state index contributed by atoms with van der Waals surface area (Å²) in [5.41, 5.74) is 6.26. The molecule has 1 aromatic rings. The number of thiocarbonyl (C=S) groups is 1. The first kappa shape index (κ1) is 15.4. The van der Waals surface area contributed by atoms with Crippen LogP contribution in [0.2, 0.25) is 0 Å². The zero-order valence-corrected chi connectivity index (χ0v) is 12.9. The van der Waals surface area contributed by atoms with Crippen LogP contribution in [0, 0.1) is 0 Å². The number of fused-ring (bicyclic) bond motifs is 1. The maximum Gasteiger partial charge on any atom is 0.237 e. The van der Waals surface area contributed by atoms with Crippen LogP contribution in [0.4, 0.5) is 0 Å². The summed E-state index contributed by atoms with van der Waals surface area (Å²) in [4.78, 5) is 12.8. The van der Waals surface area contributed by atoms with Crippen molar-refractivity contribution < 1.29 is 14.3 Å². The Hall–Kier alpha value is -2.02. The fourth-order valence-electron chi connectivity index (χ4n) is 1.99. The molecular weight excluding hydrogens is 290 g/mol. The maximum atomic E-state index is 11.1. The number of rotatable bonds is 5. The minimum Gasteiger partial charge on any atom is -0.454 e. The quantitative estimate of drug-likeness (QED) is 0.790. The lowest BCUT2D eigenvalue weighted by atomic mass is 10.2. The monoisotopic (exact) mass is 309 g/mol. The molecule has 0 fully saturated rings. The molecule has 0 bridgehead atoms. The van der Waals surface area contributed by atoms with Crippen molar-refractivity contribution in [1.29, 1.82) is 0 Å². The van der Waals surface area contributed by atoms with E-state index in [-0.39, 0.29) is 19.4 Å². The molecule has 1 aliphatic rings. The van der Waals surface area contributed by atoms with Gasteiger partial charge in [0.15, 0.2) is 16.6 Å². The van der Waals surface area contributed by atoms with E-state index in [4.69, 9.17) is 27.4 Å². The molecule has 3 N–H and O–H groups in total. The fourth-order valence-corrected chi connectivity index (χ4v) is 2.33. The molecule has 0 aliphatic carbocycles. The SMILES string of the molecule is CC(C)N(CC(N)=O)C(=S)NCc1ccc2c(c1)OCO2. The lowest BCUT2D eigenvalue weighted by molar-refractivity contribution is -0.118. The Morgan fingerprint density at radius 2 is 2.14 bits per heavy atom. The Bertz CT molecular complexity index is 548. The molecule has 0 saturated carbocycles. The molecule has 0 radical (unpaired) electrons. The topological polar surface area (TPSA) is 76.8 Å². The van der Waals surface area contributed by atoms with Crippen LogP contribution in [0.5, 0.6) is 11.5 Å². The van der Waals surface area contributed by atoms with Crippen LogP contribution in [0.1, 0.15) is 19.4 Å². The van der Waals surface area contributed by atoms with Gasteiger partial charge >= 0.3 is 0 Å². The van der Waals surface area contributed by atoms with Gasteiger partial charge in [-0.15, -0.1) is 0 Å². The van der Waals surface area contributed by atoms with Crippen molar-refractivity contribution in [2.45, 2.75) is 26.4 Å². The van der Waals surface area contributed by atoms with Crippen molar-refractivity contribution >= 4 is 23.2 Å². The standard InChI is InChI=1S/C14H19N3O3S/c1-9(2)17(7-13(15)18)14(21)16-6-10-3-4-11-12(5-10)20-8-19-11/h3-5,9H,6-8H2,1-2H3,(H2,15,18)(H,16,21). The van der Waals surface area contributed by atoms with Crippen LogP contribution in [0.15, 0.2) is 18.2 Å². The third-order valence-electron chi connectivity index (χ3n) is 3.09. The zero-order valence-electron chi connectivity index (χ0n) is 12.1. The number of carbonyl (C=O) groups excluding carboxylic acids is 1. The lowest BCUT2D eigenvalue weighted by Crippen LogP contribution is -2.47. The van der Waals surface area contributed by atoms with Crippen molar-refractivity contribution in [2.75, 3.05) is 13.3 Å². The molecule has 0 saturated heterocycles. The Balaban J connectivity index is 1.95. The second kappa shape index (κ2) is 6.62. The molecule has 0 aromatic heterocycles.